The minimum Gasteiger partial charge on any atom is -0.383 e. The summed E-state index contributed by atoms with van der Waals surface area (Å²) in [7, 11) is 5.44. The van der Waals surface area contributed by atoms with Gasteiger partial charge in [0.15, 0.2) is 11.5 Å². The number of carbonyl (C=O) groups is 1. The summed E-state index contributed by atoms with van der Waals surface area (Å²) >= 11 is 0. The summed E-state index contributed by atoms with van der Waals surface area (Å²) in [6, 6.07) is 12.7. The predicted octanol–water partition coefficient (Wildman–Crippen LogP) is 5.35. The number of rotatable bonds is 9. The third-order valence-corrected chi connectivity index (χ3v) is 7.68. The van der Waals surface area contributed by atoms with Crippen LogP contribution in [-0.2, 0) is 24.9 Å². The van der Waals surface area contributed by atoms with Crippen LogP contribution in [0, 0.1) is 12.4 Å². The molecule has 1 aliphatic heterocycles. The number of benzene rings is 2. The van der Waals surface area contributed by atoms with E-state index >= 15 is 4.39 Å². The maximum Gasteiger partial charge on any atom is 0.260 e. The Labute approximate surface area is 238 Å². The zero-order chi connectivity index (χ0) is 28.7. The van der Waals surface area contributed by atoms with E-state index in [0.29, 0.717) is 54.1 Å². The third-order valence-electron chi connectivity index (χ3n) is 7.68. The summed E-state index contributed by atoms with van der Waals surface area (Å²) in [5, 5.41) is 8.32. The van der Waals surface area contributed by atoms with Gasteiger partial charge in [-0.3, -0.25) is 14.6 Å². The van der Waals surface area contributed by atoms with Crippen LogP contribution in [0.15, 0.2) is 48.8 Å². The van der Waals surface area contributed by atoms with Crippen LogP contribution in [-0.4, -0.2) is 57.9 Å². The molecular weight excluding hydrogens is 521 g/mol. The van der Waals surface area contributed by atoms with Gasteiger partial charge in [0, 0.05) is 55.5 Å². The van der Waals surface area contributed by atoms with Crippen LogP contribution in [0.5, 0.6) is 0 Å². The van der Waals surface area contributed by atoms with Gasteiger partial charge in [0.1, 0.15) is 18.0 Å². The first-order valence-corrected chi connectivity index (χ1v) is 13.5. The fraction of sp³-hybridized carbons (Fsp3) is 0.323. The zero-order valence-electron chi connectivity index (χ0n) is 23.3. The molecule has 3 heterocycles. The molecule has 9 nitrogen and oxygen atoms in total. The molecule has 1 aliphatic carbocycles. The Hall–Kier alpha value is -4.46. The summed E-state index contributed by atoms with van der Waals surface area (Å²) < 4.78 is 22.3. The van der Waals surface area contributed by atoms with E-state index in [1.165, 1.54) is 6.07 Å². The molecule has 4 aromatic rings. The normalized spacial score (nSPS) is 14.5. The molecule has 1 saturated carbocycles. The van der Waals surface area contributed by atoms with Gasteiger partial charge in [0.25, 0.3) is 5.91 Å². The lowest BCUT2D eigenvalue weighted by Crippen LogP contribution is -2.24. The Balaban J connectivity index is 1.39. The smallest absolute Gasteiger partial charge is 0.260 e. The molecule has 2 aromatic heterocycles. The molecule has 1 fully saturated rings. The average Bonchev–Trinajstić information content (AvgIpc) is 3.66. The summed E-state index contributed by atoms with van der Waals surface area (Å²) in [6.07, 6.45) is 3.69. The molecule has 0 unspecified atom stereocenters. The van der Waals surface area contributed by atoms with Gasteiger partial charge >= 0.3 is 0 Å². The Morgan fingerprint density at radius 2 is 1.98 bits per heavy atom. The molecule has 0 spiro atoms. The second-order valence-electron chi connectivity index (χ2n) is 10.7. The van der Waals surface area contributed by atoms with Crippen molar-refractivity contribution >= 4 is 17.4 Å². The maximum atomic E-state index is 15.3. The van der Waals surface area contributed by atoms with E-state index < -0.39 is 0 Å². The van der Waals surface area contributed by atoms with E-state index in [-0.39, 0.29) is 18.3 Å². The lowest BCUT2D eigenvalue weighted by Gasteiger charge is -2.18. The van der Waals surface area contributed by atoms with Crippen molar-refractivity contribution in [1.29, 1.82) is 0 Å². The zero-order valence-corrected chi connectivity index (χ0v) is 23.3. The molecule has 10 heteroatoms. The monoisotopic (exact) mass is 551 g/mol. The summed E-state index contributed by atoms with van der Waals surface area (Å²) in [5.41, 5.74) is 5.38. The summed E-state index contributed by atoms with van der Waals surface area (Å²) in [6.45, 7) is 9.41. The number of pyridine rings is 1. The number of ether oxygens (including phenoxy) is 1. The third kappa shape index (κ3) is 5.22. The van der Waals surface area contributed by atoms with E-state index in [1.54, 1.807) is 36.5 Å². The Morgan fingerprint density at radius 3 is 2.68 bits per heavy atom. The number of amides is 1. The van der Waals surface area contributed by atoms with Crippen molar-refractivity contribution < 1.29 is 13.9 Å². The molecule has 0 atom stereocenters. The van der Waals surface area contributed by atoms with Crippen molar-refractivity contribution in [3.05, 3.63) is 88.4 Å². The highest BCUT2D eigenvalue weighted by molar-refractivity contribution is 6.10. The van der Waals surface area contributed by atoms with Gasteiger partial charge in [-0.15, -0.1) is 10.2 Å². The van der Waals surface area contributed by atoms with Gasteiger partial charge < -0.3 is 9.30 Å². The van der Waals surface area contributed by atoms with Crippen LogP contribution < -0.4 is 4.90 Å². The first kappa shape index (κ1) is 26.7. The second kappa shape index (κ2) is 10.8. The number of likely N-dealkylation sites (N-methyl/N-ethyl adjacent to an activating group) is 1. The molecular formula is C31H30FN7O2. The van der Waals surface area contributed by atoms with Crippen LogP contribution in [0.2, 0.25) is 0 Å². The van der Waals surface area contributed by atoms with Gasteiger partial charge in [-0.1, -0.05) is 12.1 Å². The van der Waals surface area contributed by atoms with Crippen LogP contribution in [0.4, 0.5) is 15.9 Å². The first-order valence-electron chi connectivity index (χ1n) is 13.5. The summed E-state index contributed by atoms with van der Waals surface area (Å²) in [5.74, 6) is 0.795. The van der Waals surface area contributed by atoms with Crippen LogP contribution in [0.25, 0.3) is 27.4 Å². The van der Waals surface area contributed by atoms with E-state index in [1.807, 2.05) is 35.7 Å². The number of aryl methyl sites for hydroxylation is 1. The minimum absolute atomic E-state index is 0.118. The van der Waals surface area contributed by atoms with Gasteiger partial charge in [0.05, 0.1) is 19.7 Å². The molecule has 0 radical (unpaired) electrons. The number of halogens is 1. The van der Waals surface area contributed by atoms with E-state index in [0.717, 1.165) is 40.8 Å². The number of hydrogen-bond donors (Lipinski definition) is 0. The van der Waals surface area contributed by atoms with Gasteiger partial charge in [-0.05, 0) is 66.9 Å². The van der Waals surface area contributed by atoms with Crippen molar-refractivity contribution in [1.82, 2.24) is 24.6 Å². The van der Waals surface area contributed by atoms with Crippen molar-refractivity contribution in [2.75, 3.05) is 32.2 Å². The highest BCUT2D eigenvalue weighted by atomic mass is 19.1. The van der Waals surface area contributed by atoms with E-state index in [9.17, 15) is 4.79 Å². The fourth-order valence-electron chi connectivity index (χ4n) is 5.32. The van der Waals surface area contributed by atoms with Gasteiger partial charge in [-0.25, -0.2) is 14.2 Å². The number of methoxy groups -OCH3 is 1. The molecule has 208 valence electrons. The number of fused-ring (bicyclic) bond motifs is 1. The van der Waals surface area contributed by atoms with E-state index in [2.05, 4.69) is 21.1 Å². The standard InChI is InChI=1S/C31H30FN7O2/c1-33-22-7-8-23(24(15-22)30-36-34-18-38(30)3)21-13-28(20-5-6-20)35-29(14-21)39-17-26-25(31(39)40)11-19(12-27(26)32)16-37(2)9-10-41-4/h7-8,11-15,18,20H,5-6,9-10,16-17H2,2-4H3. The lowest BCUT2D eigenvalue weighted by molar-refractivity contribution is 0.0995. The second-order valence-corrected chi connectivity index (χ2v) is 10.7. The summed E-state index contributed by atoms with van der Waals surface area (Å²) in [4.78, 5) is 25.8. The van der Waals surface area contributed by atoms with Crippen molar-refractivity contribution in [3.63, 3.8) is 0 Å². The first-order chi connectivity index (χ1) is 19.9. The Morgan fingerprint density at radius 1 is 1.15 bits per heavy atom. The Kier molecular flexibility index (Phi) is 7.07. The SMILES string of the molecule is [C-]#[N+]c1ccc(-c2cc(C3CC3)nc(N3Cc4c(F)cc(CN(C)CCOC)cc4C3=O)c2)c(-c2nncn2C)c1. The molecule has 1 amide bonds. The number of carbonyl (C=O) groups excluding carboxylic acids is 1. The maximum absolute atomic E-state index is 15.3. The number of hydrogen-bond acceptors (Lipinski definition) is 6. The van der Waals surface area contributed by atoms with Gasteiger partial charge in [0.2, 0.25) is 0 Å². The number of anilines is 1. The van der Waals surface area contributed by atoms with Gasteiger partial charge in [-0.2, -0.15) is 0 Å². The molecule has 0 saturated heterocycles. The molecule has 6 rings (SSSR count). The Bertz CT molecular complexity index is 1690. The topological polar surface area (TPSA) is 80.7 Å². The number of nitrogens with zero attached hydrogens (tertiary/aromatic N) is 7. The van der Waals surface area contributed by atoms with Crippen LogP contribution >= 0.6 is 0 Å². The van der Waals surface area contributed by atoms with Crippen molar-refractivity contribution in [2.24, 2.45) is 7.05 Å². The quantitative estimate of drug-likeness (QED) is 0.261. The van der Waals surface area contributed by atoms with E-state index in [4.69, 9.17) is 16.3 Å². The van der Waals surface area contributed by atoms with Crippen molar-refractivity contribution in [3.8, 4) is 22.5 Å². The largest absolute Gasteiger partial charge is 0.383 e. The minimum atomic E-state index is -0.383. The lowest BCUT2D eigenvalue weighted by atomic mass is 9.97. The molecule has 0 bridgehead atoms. The average molecular weight is 552 g/mol. The molecule has 41 heavy (non-hydrogen) atoms. The van der Waals surface area contributed by atoms with Crippen LogP contribution in [0.3, 0.4) is 0 Å². The molecule has 0 N–H and O–H groups in total. The number of aromatic nitrogens is 4. The fourth-order valence-corrected chi connectivity index (χ4v) is 5.32. The predicted molar refractivity (Wildman–Crippen MR) is 153 cm³/mol. The molecule has 2 aromatic carbocycles. The van der Waals surface area contributed by atoms with Crippen LogP contribution in [0.1, 0.15) is 45.9 Å². The molecule has 2 aliphatic rings. The highest BCUT2D eigenvalue weighted by Gasteiger charge is 2.34. The van der Waals surface area contributed by atoms with Crippen molar-refractivity contribution in [2.45, 2.75) is 31.8 Å². The highest BCUT2D eigenvalue weighted by Crippen LogP contribution is 2.43.